The summed E-state index contributed by atoms with van der Waals surface area (Å²) in [6, 6.07) is 11.1. The smallest absolute Gasteiger partial charge is 0.202 e. The van der Waals surface area contributed by atoms with E-state index in [1.807, 2.05) is 24.3 Å². The maximum atomic E-state index is 13.9. The number of carbonyl (C=O) groups is 4. The molecule has 14 nitrogen and oxygen atoms in total. The van der Waals surface area contributed by atoms with Gasteiger partial charge in [0.2, 0.25) is 5.78 Å². The molecule has 2 heterocycles. The standard InChI is InChI=1S/C39H40N2O12/c1-18-34(45)25(40-14-21(44)16-41-15-20(17-42)22-7-4-5-9-26(22)41)11-29(52-18)53-28-13-39(50,19(2)43)12-24-31(28)38(49)33-32(36(24)47)35(46)23-8-6-10-27(51-3)30(23)37(33)48/h4-10,15,17-18,21,25,28-29,34,40,44-45,47,49-50H,11-14,16H2,1-3H3. The van der Waals surface area contributed by atoms with Crippen molar-refractivity contribution in [3.63, 3.8) is 0 Å². The number of ether oxygens (including phenoxy) is 3. The number of hydrogen-bond acceptors (Lipinski definition) is 13. The number of phenolic OH excluding ortho intramolecular Hbond substituents is 2. The summed E-state index contributed by atoms with van der Waals surface area (Å²) in [6.45, 7) is 2.99. The van der Waals surface area contributed by atoms with Gasteiger partial charge < -0.3 is 49.6 Å². The molecular formula is C39H40N2O12. The van der Waals surface area contributed by atoms with Crippen molar-refractivity contribution >= 4 is 34.5 Å². The Morgan fingerprint density at radius 3 is 2.55 bits per heavy atom. The van der Waals surface area contributed by atoms with Crippen molar-refractivity contribution < 1.29 is 58.9 Å². The van der Waals surface area contributed by atoms with E-state index in [9.17, 15) is 44.7 Å². The van der Waals surface area contributed by atoms with Gasteiger partial charge in [-0.1, -0.05) is 30.3 Å². The number of aromatic hydroxyl groups is 2. The Bertz CT molecular complexity index is 2160. The average molecular weight is 729 g/mol. The number of methoxy groups -OCH3 is 1. The van der Waals surface area contributed by atoms with Crippen LogP contribution in [0.4, 0.5) is 0 Å². The number of aliphatic hydroxyl groups excluding tert-OH is 2. The van der Waals surface area contributed by atoms with Gasteiger partial charge in [-0.25, -0.2) is 0 Å². The van der Waals surface area contributed by atoms with E-state index in [0.717, 1.165) is 17.2 Å². The van der Waals surface area contributed by atoms with E-state index < -0.39 is 88.7 Å². The number of nitrogens with zero attached hydrogens (tertiary/aromatic N) is 1. The zero-order chi connectivity index (χ0) is 37.9. The quantitative estimate of drug-likeness (QED) is 0.0902. The predicted molar refractivity (Wildman–Crippen MR) is 187 cm³/mol. The zero-order valence-corrected chi connectivity index (χ0v) is 29.2. The van der Waals surface area contributed by atoms with Crippen molar-refractivity contribution in [2.75, 3.05) is 13.7 Å². The zero-order valence-electron chi connectivity index (χ0n) is 29.2. The lowest BCUT2D eigenvalue weighted by Gasteiger charge is -2.43. The molecule has 1 saturated heterocycles. The maximum Gasteiger partial charge on any atom is 0.202 e. The summed E-state index contributed by atoms with van der Waals surface area (Å²) in [5, 5.41) is 60.8. The lowest BCUT2D eigenvalue weighted by atomic mass is 9.72. The Kier molecular flexibility index (Phi) is 9.47. The third-order valence-electron chi connectivity index (χ3n) is 10.7. The van der Waals surface area contributed by atoms with E-state index in [1.54, 1.807) is 17.7 Å². The Morgan fingerprint density at radius 1 is 1.09 bits per heavy atom. The van der Waals surface area contributed by atoms with Gasteiger partial charge in [0.25, 0.3) is 0 Å². The number of hydrogen-bond donors (Lipinski definition) is 6. The minimum atomic E-state index is -2.08. The molecule has 14 heteroatoms. The monoisotopic (exact) mass is 728 g/mol. The van der Waals surface area contributed by atoms with Crippen molar-refractivity contribution in [2.45, 2.75) is 82.0 Å². The maximum absolute atomic E-state index is 13.9. The number of nitrogens with one attached hydrogen (secondary N) is 1. The highest BCUT2D eigenvalue weighted by Gasteiger charge is 2.49. The number of carbonyl (C=O) groups excluding carboxylic acids is 4. The molecule has 1 aliphatic heterocycles. The molecule has 278 valence electrons. The molecule has 7 atom stereocenters. The third-order valence-corrected chi connectivity index (χ3v) is 10.7. The number of aldehydes is 1. The number of phenols is 2. The normalized spacial score (nSPS) is 25.7. The molecular weight excluding hydrogens is 688 g/mol. The first-order valence-electron chi connectivity index (χ1n) is 17.3. The van der Waals surface area contributed by atoms with Crippen LogP contribution in [0, 0.1) is 0 Å². The molecule has 53 heavy (non-hydrogen) atoms. The number of aromatic nitrogens is 1. The van der Waals surface area contributed by atoms with E-state index in [2.05, 4.69) is 5.32 Å². The van der Waals surface area contributed by atoms with Gasteiger partial charge in [-0.2, -0.15) is 0 Å². The lowest BCUT2D eigenvalue weighted by molar-refractivity contribution is -0.250. The first-order valence-corrected chi connectivity index (χ1v) is 17.3. The van der Waals surface area contributed by atoms with E-state index in [-0.39, 0.29) is 53.9 Å². The molecule has 7 unspecified atom stereocenters. The number of benzene rings is 3. The molecule has 0 saturated carbocycles. The van der Waals surface area contributed by atoms with E-state index in [1.165, 1.54) is 32.2 Å². The molecule has 7 rings (SSSR count). The summed E-state index contributed by atoms with van der Waals surface area (Å²) in [5.41, 5.74) is -2.04. The number of aliphatic hydroxyl groups is 3. The van der Waals surface area contributed by atoms with Gasteiger partial charge in [0.15, 0.2) is 24.1 Å². The van der Waals surface area contributed by atoms with Crippen molar-refractivity contribution in [2.24, 2.45) is 0 Å². The van der Waals surface area contributed by atoms with Crippen LogP contribution in [0.25, 0.3) is 10.9 Å². The van der Waals surface area contributed by atoms with Gasteiger partial charge in [-0.05, 0) is 26.0 Å². The largest absolute Gasteiger partial charge is 0.507 e. The fraction of sp³-hybridized carbons (Fsp3) is 0.385. The van der Waals surface area contributed by atoms with Gasteiger partial charge in [-0.3, -0.25) is 19.2 Å². The Balaban J connectivity index is 1.16. The van der Waals surface area contributed by atoms with Crippen LogP contribution in [0.2, 0.25) is 0 Å². The van der Waals surface area contributed by atoms with E-state index in [4.69, 9.17) is 14.2 Å². The SMILES string of the molecule is COc1cccc2c1C(=O)c1c(O)c3c(c(O)c1C2=O)CC(O)(C(C)=O)CC3OC1CC(NCC(O)Cn2cc(C=O)c3ccccc32)C(O)C(C)O1. The highest BCUT2D eigenvalue weighted by molar-refractivity contribution is 6.31. The van der Waals surface area contributed by atoms with Crippen molar-refractivity contribution in [1.82, 2.24) is 9.88 Å². The second kappa shape index (κ2) is 13.8. The number of Topliss-reactive ketones (excluding diaryl/α,β-unsaturated/α-hetero) is 1. The number of para-hydroxylation sites is 1. The van der Waals surface area contributed by atoms with Crippen molar-refractivity contribution in [3.8, 4) is 17.2 Å². The van der Waals surface area contributed by atoms with Crippen LogP contribution in [-0.2, 0) is 27.2 Å². The van der Waals surface area contributed by atoms with Gasteiger partial charge in [0, 0.05) is 77.7 Å². The molecule has 0 bridgehead atoms. The molecule has 6 N–H and O–H groups in total. The average Bonchev–Trinajstić information content (AvgIpc) is 3.49. The van der Waals surface area contributed by atoms with Crippen LogP contribution in [0.1, 0.15) is 86.1 Å². The predicted octanol–water partition coefficient (Wildman–Crippen LogP) is 2.49. The highest BCUT2D eigenvalue weighted by atomic mass is 16.7. The van der Waals surface area contributed by atoms with Crippen LogP contribution < -0.4 is 10.1 Å². The van der Waals surface area contributed by atoms with Crippen LogP contribution in [-0.4, -0.2) is 104 Å². The van der Waals surface area contributed by atoms with Gasteiger partial charge in [0.1, 0.15) is 22.8 Å². The second-order valence-electron chi connectivity index (χ2n) is 14.0. The summed E-state index contributed by atoms with van der Waals surface area (Å²) in [4.78, 5) is 52.1. The van der Waals surface area contributed by atoms with Crippen molar-refractivity contribution in [1.29, 1.82) is 0 Å². The Hall–Kier alpha value is -4.96. The lowest BCUT2D eigenvalue weighted by Crippen LogP contribution is -2.55. The summed E-state index contributed by atoms with van der Waals surface area (Å²) in [7, 11) is 1.33. The minimum absolute atomic E-state index is 0.0178. The molecule has 0 spiro atoms. The third kappa shape index (κ3) is 6.10. The molecule has 4 aromatic rings. The fourth-order valence-corrected chi connectivity index (χ4v) is 7.93. The van der Waals surface area contributed by atoms with Crippen LogP contribution in [0.3, 0.4) is 0 Å². The van der Waals surface area contributed by atoms with Crippen LogP contribution in [0.5, 0.6) is 17.2 Å². The molecule has 1 aromatic heterocycles. The van der Waals surface area contributed by atoms with Crippen LogP contribution >= 0.6 is 0 Å². The first-order chi connectivity index (χ1) is 25.3. The van der Waals surface area contributed by atoms with Gasteiger partial charge in [-0.15, -0.1) is 0 Å². The molecule has 0 amide bonds. The first kappa shape index (κ1) is 36.4. The Labute approximate surface area is 303 Å². The van der Waals surface area contributed by atoms with Crippen molar-refractivity contribution in [3.05, 3.63) is 87.6 Å². The number of ketones is 3. The summed E-state index contributed by atoms with van der Waals surface area (Å²) in [6.07, 6.45) is -3.59. The topological polar surface area (TPSA) is 214 Å². The second-order valence-corrected chi connectivity index (χ2v) is 14.0. The van der Waals surface area contributed by atoms with Gasteiger partial charge >= 0.3 is 0 Å². The molecule has 0 radical (unpaired) electrons. The minimum Gasteiger partial charge on any atom is -0.507 e. The molecule has 2 aliphatic carbocycles. The summed E-state index contributed by atoms with van der Waals surface area (Å²) in [5.74, 6) is -3.37. The van der Waals surface area contributed by atoms with E-state index in [0.29, 0.717) is 5.56 Å². The molecule has 3 aromatic carbocycles. The highest BCUT2D eigenvalue weighted by Crippen LogP contribution is 2.52. The summed E-state index contributed by atoms with van der Waals surface area (Å²) < 4.78 is 19.4. The molecule has 3 aliphatic rings. The summed E-state index contributed by atoms with van der Waals surface area (Å²) >= 11 is 0. The number of fused-ring (bicyclic) bond motifs is 4. The van der Waals surface area contributed by atoms with Gasteiger partial charge in [0.05, 0.1) is 48.2 Å². The molecule has 1 fully saturated rings. The Morgan fingerprint density at radius 2 is 1.83 bits per heavy atom. The fourth-order valence-electron chi connectivity index (χ4n) is 7.93. The van der Waals surface area contributed by atoms with Crippen LogP contribution in [0.15, 0.2) is 48.7 Å². The number of rotatable bonds is 10. The van der Waals surface area contributed by atoms with E-state index >= 15 is 0 Å².